The summed E-state index contributed by atoms with van der Waals surface area (Å²) in [6.45, 7) is 1.50. The third-order valence-corrected chi connectivity index (χ3v) is 4.80. The molecule has 0 fully saturated rings. The highest BCUT2D eigenvalue weighted by molar-refractivity contribution is 5.80. The second-order valence-corrected chi connectivity index (χ2v) is 6.64. The zero-order valence-corrected chi connectivity index (χ0v) is 15.3. The molecule has 7 heteroatoms. The van der Waals surface area contributed by atoms with Gasteiger partial charge in [0.05, 0.1) is 11.0 Å². The number of hydrogen-bond acceptors (Lipinski definition) is 4. The average molecular weight is 367 g/mol. The standard InChI is InChI=1S/C20H21N3O4/c1-21(12-14-7-8-17-18(11-14)27-10-9-26-17)19(24)13-23-16-6-4-3-5-15(16)22(2)20(23)25/h3-8,11H,9-10,12-13H2,1-2H3. The molecule has 0 saturated carbocycles. The Morgan fingerprint density at radius 3 is 2.56 bits per heavy atom. The predicted molar refractivity (Wildman–Crippen MR) is 101 cm³/mol. The molecule has 3 aromatic rings. The molecule has 27 heavy (non-hydrogen) atoms. The number of rotatable bonds is 4. The highest BCUT2D eigenvalue weighted by Gasteiger charge is 2.17. The monoisotopic (exact) mass is 367 g/mol. The minimum Gasteiger partial charge on any atom is -0.486 e. The number of amides is 1. The van der Waals surface area contributed by atoms with Crippen LogP contribution in [0, 0.1) is 0 Å². The van der Waals surface area contributed by atoms with Crippen LogP contribution in [0.15, 0.2) is 47.3 Å². The van der Waals surface area contributed by atoms with Crippen LogP contribution in [0.4, 0.5) is 0 Å². The molecular weight excluding hydrogens is 346 g/mol. The van der Waals surface area contributed by atoms with Crippen molar-refractivity contribution in [2.75, 3.05) is 20.3 Å². The van der Waals surface area contributed by atoms with E-state index in [0.29, 0.717) is 25.5 Å². The fourth-order valence-corrected chi connectivity index (χ4v) is 3.32. The summed E-state index contributed by atoms with van der Waals surface area (Å²) in [7, 11) is 3.44. The fraction of sp³-hybridized carbons (Fsp3) is 0.300. The van der Waals surface area contributed by atoms with Crippen LogP contribution in [-0.4, -0.2) is 40.2 Å². The van der Waals surface area contributed by atoms with Crippen LogP contribution < -0.4 is 15.2 Å². The Hall–Kier alpha value is -3.22. The van der Waals surface area contributed by atoms with E-state index in [0.717, 1.165) is 22.3 Å². The quantitative estimate of drug-likeness (QED) is 0.705. The van der Waals surface area contributed by atoms with Crippen molar-refractivity contribution < 1.29 is 14.3 Å². The molecule has 0 N–H and O–H groups in total. The lowest BCUT2D eigenvalue weighted by Crippen LogP contribution is -2.33. The van der Waals surface area contributed by atoms with E-state index in [4.69, 9.17) is 9.47 Å². The van der Waals surface area contributed by atoms with Gasteiger partial charge in [0.2, 0.25) is 5.91 Å². The highest BCUT2D eigenvalue weighted by atomic mass is 16.6. The molecule has 1 amide bonds. The molecule has 0 unspecified atom stereocenters. The Bertz CT molecular complexity index is 1070. The zero-order valence-electron chi connectivity index (χ0n) is 15.3. The first-order chi connectivity index (χ1) is 13.0. The van der Waals surface area contributed by atoms with Crippen molar-refractivity contribution in [1.29, 1.82) is 0 Å². The Morgan fingerprint density at radius 2 is 1.78 bits per heavy atom. The number of aromatic nitrogens is 2. The van der Waals surface area contributed by atoms with Crippen molar-refractivity contribution in [2.45, 2.75) is 13.1 Å². The number of para-hydroxylation sites is 2. The van der Waals surface area contributed by atoms with Gasteiger partial charge in [-0.15, -0.1) is 0 Å². The molecule has 0 spiro atoms. The molecule has 0 aliphatic carbocycles. The molecule has 0 radical (unpaired) electrons. The lowest BCUT2D eigenvalue weighted by Gasteiger charge is -2.21. The molecule has 1 aromatic heterocycles. The van der Waals surface area contributed by atoms with Crippen molar-refractivity contribution in [2.24, 2.45) is 7.05 Å². The van der Waals surface area contributed by atoms with E-state index in [1.165, 1.54) is 4.57 Å². The number of aryl methyl sites for hydroxylation is 1. The summed E-state index contributed by atoms with van der Waals surface area (Å²) < 4.78 is 14.2. The summed E-state index contributed by atoms with van der Waals surface area (Å²) >= 11 is 0. The number of ether oxygens (including phenoxy) is 2. The molecule has 0 atom stereocenters. The Kier molecular flexibility index (Phi) is 4.35. The largest absolute Gasteiger partial charge is 0.486 e. The molecule has 4 rings (SSSR count). The number of imidazole rings is 1. The van der Waals surface area contributed by atoms with E-state index in [-0.39, 0.29) is 18.1 Å². The third-order valence-electron chi connectivity index (χ3n) is 4.80. The lowest BCUT2D eigenvalue weighted by molar-refractivity contribution is -0.131. The average Bonchev–Trinajstić information content (AvgIpc) is 2.93. The molecule has 1 aliphatic rings. The lowest BCUT2D eigenvalue weighted by atomic mass is 10.2. The first-order valence-corrected chi connectivity index (χ1v) is 8.81. The maximum atomic E-state index is 12.7. The van der Waals surface area contributed by atoms with Crippen molar-refractivity contribution >= 4 is 16.9 Å². The fourth-order valence-electron chi connectivity index (χ4n) is 3.32. The number of benzene rings is 2. The van der Waals surface area contributed by atoms with Crippen molar-refractivity contribution in [3.63, 3.8) is 0 Å². The molecule has 7 nitrogen and oxygen atoms in total. The van der Waals surface area contributed by atoms with E-state index in [1.54, 1.807) is 23.6 Å². The van der Waals surface area contributed by atoms with Gasteiger partial charge in [0.25, 0.3) is 0 Å². The summed E-state index contributed by atoms with van der Waals surface area (Å²) in [5.74, 6) is 1.29. The number of hydrogen-bond donors (Lipinski definition) is 0. The summed E-state index contributed by atoms with van der Waals surface area (Å²) in [4.78, 5) is 26.8. The van der Waals surface area contributed by atoms with Gasteiger partial charge in [-0.1, -0.05) is 18.2 Å². The van der Waals surface area contributed by atoms with Crippen LogP contribution in [0.1, 0.15) is 5.56 Å². The molecule has 0 saturated heterocycles. The normalized spacial score (nSPS) is 13.0. The summed E-state index contributed by atoms with van der Waals surface area (Å²) in [6, 6.07) is 13.1. The first kappa shape index (κ1) is 17.2. The van der Waals surface area contributed by atoms with Crippen molar-refractivity contribution in [1.82, 2.24) is 14.0 Å². The van der Waals surface area contributed by atoms with Gasteiger partial charge in [-0.05, 0) is 29.8 Å². The molecule has 2 aromatic carbocycles. The van der Waals surface area contributed by atoms with E-state index in [2.05, 4.69) is 0 Å². The number of fused-ring (bicyclic) bond motifs is 2. The number of nitrogens with zero attached hydrogens (tertiary/aromatic N) is 3. The van der Waals surface area contributed by atoms with Crippen molar-refractivity contribution in [3.8, 4) is 11.5 Å². The van der Waals surface area contributed by atoms with E-state index >= 15 is 0 Å². The van der Waals surface area contributed by atoms with Gasteiger partial charge < -0.3 is 14.4 Å². The molecular formula is C20H21N3O4. The number of carbonyl (C=O) groups is 1. The smallest absolute Gasteiger partial charge is 0.329 e. The Balaban J connectivity index is 1.52. The summed E-state index contributed by atoms with van der Waals surface area (Å²) in [6.07, 6.45) is 0. The molecule has 0 bridgehead atoms. The Labute approximate surface area is 156 Å². The van der Waals surface area contributed by atoms with Gasteiger partial charge in [-0.3, -0.25) is 13.9 Å². The topological polar surface area (TPSA) is 65.7 Å². The second-order valence-electron chi connectivity index (χ2n) is 6.64. The summed E-state index contributed by atoms with van der Waals surface area (Å²) in [5.41, 5.74) is 2.31. The van der Waals surface area contributed by atoms with Crippen LogP contribution >= 0.6 is 0 Å². The van der Waals surface area contributed by atoms with E-state index in [9.17, 15) is 9.59 Å². The number of likely N-dealkylation sites (N-methyl/N-ethyl adjacent to an activating group) is 1. The highest BCUT2D eigenvalue weighted by Crippen LogP contribution is 2.31. The van der Waals surface area contributed by atoms with E-state index in [1.807, 2.05) is 42.5 Å². The molecule has 2 heterocycles. The minimum atomic E-state index is -0.197. The van der Waals surface area contributed by atoms with Gasteiger partial charge in [0.15, 0.2) is 11.5 Å². The van der Waals surface area contributed by atoms with Gasteiger partial charge in [0, 0.05) is 20.6 Å². The van der Waals surface area contributed by atoms with Gasteiger partial charge in [-0.25, -0.2) is 4.79 Å². The van der Waals surface area contributed by atoms with Crippen LogP contribution in [0.5, 0.6) is 11.5 Å². The third kappa shape index (κ3) is 3.16. The molecule has 140 valence electrons. The first-order valence-electron chi connectivity index (χ1n) is 8.81. The van der Waals surface area contributed by atoms with Crippen LogP contribution in [0.25, 0.3) is 11.0 Å². The zero-order chi connectivity index (χ0) is 19.0. The second kappa shape index (κ2) is 6.83. The van der Waals surface area contributed by atoms with Crippen LogP contribution in [0.3, 0.4) is 0 Å². The maximum absolute atomic E-state index is 12.7. The molecule has 1 aliphatic heterocycles. The number of carbonyl (C=O) groups excluding carboxylic acids is 1. The SMILES string of the molecule is CN(Cc1ccc2c(c1)OCCO2)C(=O)Cn1c(=O)n(C)c2ccccc21. The van der Waals surface area contributed by atoms with Crippen LogP contribution in [-0.2, 0) is 24.9 Å². The van der Waals surface area contributed by atoms with Gasteiger partial charge >= 0.3 is 5.69 Å². The van der Waals surface area contributed by atoms with Gasteiger partial charge in [-0.2, -0.15) is 0 Å². The van der Waals surface area contributed by atoms with Crippen molar-refractivity contribution in [3.05, 3.63) is 58.5 Å². The van der Waals surface area contributed by atoms with Gasteiger partial charge in [0.1, 0.15) is 19.8 Å². The Morgan fingerprint density at radius 1 is 1.07 bits per heavy atom. The van der Waals surface area contributed by atoms with Crippen LogP contribution in [0.2, 0.25) is 0 Å². The summed E-state index contributed by atoms with van der Waals surface area (Å²) in [5, 5.41) is 0. The van der Waals surface area contributed by atoms with E-state index < -0.39 is 0 Å². The predicted octanol–water partition coefficient (Wildman–Crippen LogP) is 1.77. The minimum absolute atomic E-state index is 0.00123. The maximum Gasteiger partial charge on any atom is 0.329 e.